The zero-order chi connectivity index (χ0) is 33.7. The molecule has 0 spiro atoms. The van der Waals surface area contributed by atoms with Gasteiger partial charge in [-0.2, -0.15) is 0 Å². The minimum atomic E-state index is 0.766. The number of ether oxygens (including phenoxy) is 2. The molecule has 0 saturated carbocycles. The molecular formula is C48H31NO2. The zero-order valence-electron chi connectivity index (χ0n) is 27.7. The van der Waals surface area contributed by atoms with Crippen molar-refractivity contribution < 1.29 is 9.47 Å². The second-order valence-corrected chi connectivity index (χ2v) is 12.8. The minimum Gasteiger partial charge on any atom is -0.456 e. The lowest BCUT2D eigenvalue weighted by atomic mass is 9.89. The van der Waals surface area contributed by atoms with Gasteiger partial charge in [-0.25, -0.2) is 0 Å². The Kier molecular flexibility index (Phi) is 6.81. The van der Waals surface area contributed by atoms with Crippen LogP contribution in [0.25, 0.3) is 72.0 Å². The molecule has 10 rings (SSSR count). The summed E-state index contributed by atoms with van der Waals surface area (Å²) in [6.07, 6.45) is 0. The van der Waals surface area contributed by atoms with Crippen molar-refractivity contribution in [3.8, 4) is 73.2 Å². The molecule has 1 aliphatic heterocycles. The molecule has 0 unspecified atom stereocenters. The lowest BCUT2D eigenvalue weighted by Gasteiger charge is -2.24. The van der Waals surface area contributed by atoms with Crippen LogP contribution >= 0.6 is 0 Å². The molecule has 0 radical (unpaired) electrons. The molecule has 0 fully saturated rings. The zero-order valence-corrected chi connectivity index (χ0v) is 27.7. The number of hydrogen-bond donors (Lipinski definition) is 0. The van der Waals surface area contributed by atoms with Crippen LogP contribution in [0.5, 0.6) is 23.0 Å². The normalized spacial score (nSPS) is 11.8. The minimum absolute atomic E-state index is 0.766. The van der Waals surface area contributed by atoms with E-state index in [9.17, 15) is 0 Å². The number of rotatable bonds is 3. The van der Waals surface area contributed by atoms with Crippen LogP contribution in [0.3, 0.4) is 0 Å². The van der Waals surface area contributed by atoms with E-state index in [1.807, 2.05) is 18.2 Å². The summed E-state index contributed by atoms with van der Waals surface area (Å²) in [7, 11) is 0. The fraction of sp³-hybridized carbons (Fsp3) is 0. The van der Waals surface area contributed by atoms with Gasteiger partial charge in [-0.15, -0.1) is 0 Å². The van der Waals surface area contributed by atoms with E-state index in [0.717, 1.165) is 84.2 Å². The maximum absolute atomic E-state index is 7.30. The SMILES string of the molecule is c1ccc(-c2cccc3c2-c2cccc(-c4cccc5c4c4ccccc4n5-c4ccccc4)c2Oc2ccccc2-c2ccccc2O3)cc1. The van der Waals surface area contributed by atoms with E-state index in [2.05, 4.69) is 174 Å². The second-order valence-electron chi connectivity index (χ2n) is 12.8. The Hall–Kier alpha value is -6.84. The van der Waals surface area contributed by atoms with Crippen molar-refractivity contribution >= 4 is 21.8 Å². The van der Waals surface area contributed by atoms with Gasteiger partial charge in [-0.05, 0) is 59.2 Å². The molecule has 51 heavy (non-hydrogen) atoms. The number of nitrogens with zero attached hydrogens (tertiary/aromatic N) is 1. The van der Waals surface area contributed by atoms with Crippen molar-refractivity contribution in [3.05, 3.63) is 188 Å². The molecule has 2 heterocycles. The van der Waals surface area contributed by atoms with Crippen LogP contribution in [0.2, 0.25) is 0 Å². The summed E-state index contributed by atoms with van der Waals surface area (Å²) in [5.41, 5.74) is 11.6. The Morgan fingerprint density at radius 2 is 0.863 bits per heavy atom. The summed E-state index contributed by atoms with van der Waals surface area (Å²) < 4.78 is 16.6. The molecule has 0 saturated heterocycles. The third-order valence-electron chi connectivity index (χ3n) is 9.89. The van der Waals surface area contributed by atoms with Crippen LogP contribution in [-0.4, -0.2) is 4.57 Å². The molecule has 0 atom stereocenters. The van der Waals surface area contributed by atoms with Crippen LogP contribution in [-0.2, 0) is 0 Å². The molecule has 0 amide bonds. The maximum Gasteiger partial charge on any atom is 0.143 e. The summed E-state index contributed by atoms with van der Waals surface area (Å²) in [6.45, 7) is 0. The quantitative estimate of drug-likeness (QED) is 0.189. The van der Waals surface area contributed by atoms with E-state index in [-0.39, 0.29) is 0 Å². The average Bonchev–Trinajstić information content (AvgIpc) is 3.54. The molecular weight excluding hydrogens is 623 g/mol. The Morgan fingerprint density at radius 3 is 1.67 bits per heavy atom. The highest BCUT2D eigenvalue weighted by atomic mass is 16.5. The van der Waals surface area contributed by atoms with Gasteiger partial charge in [0.25, 0.3) is 0 Å². The van der Waals surface area contributed by atoms with Gasteiger partial charge in [0, 0.05) is 44.3 Å². The second kappa shape index (κ2) is 11.9. The van der Waals surface area contributed by atoms with Crippen LogP contribution in [0.15, 0.2) is 188 Å². The highest BCUT2D eigenvalue weighted by Gasteiger charge is 2.26. The molecule has 3 heteroatoms. The monoisotopic (exact) mass is 653 g/mol. The molecule has 8 aromatic carbocycles. The van der Waals surface area contributed by atoms with Gasteiger partial charge in [0.05, 0.1) is 11.0 Å². The molecule has 240 valence electrons. The Morgan fingerprint density at radius 1 is 0.333 bits per heavy atom. The highest BCUT2D eigenvalue weighted by molar-refractivity contribution is 6.16. The van der Waals surface area contributed by atoms with Crippen LogP contribution in [0.1, 0.15) is 0 Å². The molecule has 1 aliphatic rings. The first-order valence-corrected chi connectivity index (χ1v) is 17.3. The Balaban J connectivity index is 1.32. The highest BCUT2D eigenvalue weighted by Crippen LogP contribution is 2.53. The van der Waals surface area contributed by atoms with E-state index < -0.39 is 0 Å². The van der Waals surface area contributed by atoms with Crippen molar-refractivity contribution in [2.45, 2.75) is 0 Å². The molecule has 1 aromatic heterocycles. The Bertz CT molecular complexity index is 2740. The van der Waals surface area contributed by atoms with Crippen molar-refractivity contribution in [2.75, 3.05) is 0 Å². The summed E-state index contributed by atoms with van der Waals surface area (Å²) in [5.74, 6) is 3.09. The fourth-order valence-electron chi connectivity index (χ4n) is 7.69. The number of para-hydroxylation sites is 5. The largest absolute Gasteiger partial charge is 0.456 e. The van der Waals surface area contributed by atoms with Gasteiger partial charge in [0.1, 0.15) is 23.0 Å². The number of fused-ring (bicyclic) bond motifs is 9. The average molecular weight is 654 g/mol. The topological polar surface area (TPSA) is 23.4 Å². The number of benzene rings is 8. The lowest BCUT2D eigenvalue weighted by molar-refractivity contribution is 0.473. The molecule has 9 aromatic rings. The maximum atomic E-state index is 7.30. The van der Waals surface area contributed by atoms with Crippen LogP contribution < -0.4 is 9.47 Å². The Labute approximate surface area is 296 Å². The third-order valence-corrected chi connectivity index (χ3v) is 9.89. The van der Waals surface area contributed by atoms with Crippen molar-refractivity contribution in [1.29, 1.82) is 0 Å². The van der Waals surface area contributed by atoms with Gasteiger partial charge < -0.3 is 14.0 Å². The van der Waals surface area contributed by atoms with Gasteiger partial charge >= 0.3 is 0 Å². The van der Waals surface area contributed by atoms with Gasteiger partial charge in [0.15, 0.2) is 0 Å². The van der Waals surface area contributed by atoms with Gasteiger partial charge in [-0.3, -0.25) is 0 Å². The lowest BCUT2D eigenvalue weighted by Crippen LogP contribution is -2.00. The van der Waals surface area contributed by atoms with E-state index in [4.69, 9.17) is 9.47 Å². The number of aromatic nitrogens is 1. The van der Waals surface area contributed by atoms with E-state index in [1.165, 1.54) is 10.8 Å². The smallest absolute Gasteiger partial charge is 0.143 e. The van der Waals surface area contributed by atoms with Gasteiger partial charge in [0.2, 0.25) is 0 Å². The summed E-state index contributed by atoms with van der Waals surface area (Å²) in [6, 6.07) is 65.7. The molecule has 0 N–H and O–H groups in total. The van der Waals surface area contributed by atoms with Crippen molar-refractivity contribution in [1.82, 2.24) is 4.57 Å². The summed E-state index contributed by atoms with van der Waals surface area (Å²) >= 11 is 0. The third kappa shape index (κ3) is 4.74. The first kappa shape index (κ1) is 29.1. The fourth-order valence-corrected chi connectivity index (χ4v) is 7.69. The van der Waals surface area contributed by atoms with E-state index in [1.54, 1.807) is 0 Å². The number of hydrogen-bond acceptors (Lipinski definition) is 2. The van der Waals surface area contributed by atoms with Crippen LogP contribution in [0, 0.1) is 0 Å². The predicted molar refractivity (Wildman–Crippen MR) is 209 cm³/mol. The predicted octanol–water partition coefficient (Wildman–Crippen LogP) is 13.3. The molecule has 0 bridgehead atoms. The molecule has 0 aliphatic carbocycles. The van der Waals surface area contributed by atoms with Crippen LogP contribution in [0.4, 0.5) is 0 Å². The van der Waals surface area contributed by atoms with Gasteiger partial charge in [-0.1, -0.05) is 146 Å². The van der Waals surface area contributed by atoms with E-state index in [0.29, 0.717) is 0 Å². The first-order valence-electron chi connectivity index (χ1n) is 17.3. The summed E-state index contributed by atoms with van der Waals surface area (Å²) in [4.78, 5) is 0. The van der Waals surface area contributed by atoms with Crippen molar-refractivity contribution in [2.24, 2.45) is 0 Å². The van der Waals surface area contributed by atoms with Crippen molar-refractivity contribution in [3.63, 3.8) is 0 Å². The molecule has 3 nitrogen and oxygen atoms in total. The standard InChI is InChI=1S/C48H31NO2/c1-3-16-32(17-4-1)34-23-15-31-45-47(34)40-26-13-25-38(48(40)51-44-30-12-9-21-36(44)35-20-8-11-29-43(35)50-45)37-24-14-28-42-46(37)39-22-7-10-27-41(39)49(42)33-18-5-2-6-19-33/h1-31H. The van der Waals surface area contributed by atoms with E-state index >= 15 is 0 Å². The first-order chi connectivity index (χ1) is 25.3. The summed E-state index contributed by atoms with van der Waals surface area (Å²) in [5, 5.41) is 2.37.